The zero-order chi connectivity index (χ0) is 13.9. The lowest BCUT2D eigenvalue weighted by atomic mass is 10.1. The molecule has 5 nitrogen and oxygen atoms in total. The molecule has 1 rings (SSSR count). The monoisotopic (exact) mass is 276 g/mol. The molecule has 0 saturated carbocycles. The lowest BCUT2D eigenvalue weighted by Gasteiger charge is -2.23. The van der Waals surface area contributed by atoms with E-state index in [1.807, 2.05) is 13.8 Å². The van der Waals surface area contributed by atoms with Gasteiger partial charge in [0.1, 0.15) is 9.84 Å². The van der Waals surface area contributed by atoms with Crippen LogP contribution in [0.4, 0.5) is 0 Å². The van der Waals surface area contributed by atoms with Crippen molar-refractivity contribution in [3.63, 3.8) is 0 Å². The van der Waals surface area contributed by atoms with Gasteiger partial charge in [-0.1, -0.05) is 27.2 Å². The maximum atomic E-state index is 12.2. The predicted molar refractivity (Wildman–Crippen MR) is 71.9 cm³/mol. The Morgan fingerprint density at radius 3 is 2.44 bits per heavy atom. The van der Waals surface area contributed by atoms with Gasteiger partial charge in [-0.3, -0.25) is 10.1 Å². The van der Waals surface area contributed by atoms with Gasteiger partial charge in [0.05, 0.1) is 18.0 Å². The summed E-state index contributed by atoms with van der Waals surface area (Å²) in [6.07, 6.45) is 3.01. The van der Waals surface area contributed by atoms with Gasteiger partial charge in [0.2, 0.25) is 5.91 Å². The van der Waals surface area contributed by atoms with E-state index in [2.05, 4.69) is 12.2 Å². The molecule has 0 bridgehead atoms. The van der Waals surface area contributed by atoms with Gasteiger partial charge in [0.15, 0.2) is 0 Å². The molecule has 0 spiro atoms. The Bertz CT molecular complexity index is 392. The van der Waals surface area contributed by atoms with Gasteiger partial charge in [-0.15, -0.1) is 0 Å². The molecule has 0 aromatic carbocycles. The summed E-state index contributed by atoms with van der Waals surface area (Å²) in [6, 6.07) is -0.180. The molecule has 1 heterocycles. The van der Waals surface area contributed by atoms with Crippen LogP contribution in [0, 0.1) is 5.92 Å². The van der Waals surface area contributed by atoms with E-state index in [0.717, 1.165) is 12.8 Å². The topological polar surface area (TPSA) is 66.5 Å². The van der Waals surface area contributed by atoms with Crippen LogP contribution in [0.3, 0.4) is 0 Å². The highest BCUT2D eigenvalue weighted by Crippen LogP contribution is 2.19. The van der Waals surface area contributed by atoms with Crippen LogP contribution in [0.25, 0.3) is 0 Å². The SMILES string of the molecule is CCCC1NC(C(C)C)C(=O)N1CCS(C)(=O)=O. The molecule has 1 amide bonds. The first kappa shape index (κ1) is 15.4. The van der Waals surface area contributed by atoms with Crippen LogP contribution in [0.1, 0.15) is 33.6 Å². The molecule has 1 N–H and O–H groups in total. The molecule has 106 valence electrons. The molecule has 1 aliphatic rings. The van der Waals surface area contributed by atoms with E-state index >= 15 is 0 Å². The second-order valence-corrected chi connectivity index (χ2v) is 7.61. The zero-order valence-electron chi connectivity index (χ0n) is 11.6. The summed E-state index contributed by atoms with van der Waals surface area (Å²) in [7, 11) is -3.03. The van der Waals surface area contributed by atoms with Crippen molar-refractivity contribution in [3.05, 3.63) is 0 Å². The fourth-order valence-corrected chi connectivity index (χ4v) is 2.75. The molecule has 0 aromatic rings. The fourth-order valence-electron chi connectivity index (χ4n) is 2.22. The first-order chi connectivity index (χ1) is 8.26. The van der Waals surface area contributed by atoms with Crippen molar-refractivity contribution in [3.8, 4) is 0 Å². The summed E-state index contributed by atoms with van der Waals surface area (Å²) in [5.41, 5.74) is 0. The summed E-state index contributed by atoms with van der Waals surface area (Å²) < 4.78 is 22.4. The predicted octanol–water partition coefficient (Wildman–Crippen LogP) is 0.614. The van der Waals surface area contributed by atoms with Gasteiger partial charge < -0.3 is 4.90 Å². The van der Waals surface area contributed by atoms with Crippen molar-refractivity contribution in [2.45, 2.75) is 45.8 Å². The van der Waals surface area contributed by atoms with E-state index in [1.165, 1.54) is 6.26 Å². The number of hydrogen-bond acceptors (Lipinski definition) is 4. The Balaban J connectivity index is 2.74. The Kier molecular flexibility index (Phi) is 5.16. The van der Waals surface area contributed by atoms with Crippen LogP contribution in [0.5, 0.6) is 0 Å². The van der Waals surface area contributed by atoms with Gasteiger partial charge in [-0.05, 0) is 12.3 Å². The standard InChI is InChI=1S/C12H24N2O3S/c1-5-6-10-13-11(9(2)3)12(15)14(10)7-8-18(4,16)17/h9-11,13H,5-8H2,1-4H3. The Morgan fingerprint density at radius 1 is 1.39 bits per heavy atom. The number of hydrogen-bond donors (Lipinski definition) is 1. The van der Waals surface area contributed by atoms with Crippen molar-refractivity contribution < 1.29 is 13.2 Å². The molecule has 2 unspecified atom stereocenters. The van der Waals surface area contributed by atoms with Crippen LogP contribution in [-0.4, -0.2) is 50.0 Å². The van der Waals surface area contributed by atoms with Crippen LogP contribution >= 0.6 is 0 Å². The molecule has 1 saturated heterocycles. The highest BCUT2D eigenvalue weighted by Gasteiger charge is 2.39. The van der Waals surface area contributed by atoms with Gasteiger partial charge in [-0.25, -0.2) is 8.42 Å². The maximum Gasteiger partial charge on any atom is 0.241 e. The molecule has 0 aromatic heterocycles. The van der Waals surface area contributed by atoms with Crippen LogP contribution < -0.4 is 5.32 Å². The number of carbonyl (C=O) groups is 1. The van der Waals surface area contributed by atoms with Crippen molar-refractivity contribution >= 4 is 15.7 Å². The molecule has 0 aliphatic carbocycles. The molecule has 18 heavy (non-hydrogen) atoms. The third-order valence-electron chi connectivity index (χ3n) is 3.23. The van der Waals surface area contributed by atoms with E-state index in [9.17, 15) is 13.2 Å². The smallest absolute Gasteiger partial charge is 0.241 e. The van der Waals surface area contributed by atoms with E-state index in [-0.39, 0.29) is 29.8 Å². The number of nitrogens with zero attached hydrogens (tertiary/aromatic N) is 1. The van der Waals surface area contributed by atoms with Gasteiger partial charge >= 0.3 is 0 Å². The van der Waals surface area contributed by atoms with Crippen molar-refractivity contribution in [1.82, 2.24) is 10.2 Å². The zero-order valence-corrected chi connectivity index (χ0v) is 12.5. The summed E-state index contributed by atoms with van der Waals surface area (Å²) in [5.74, 6) is 0.290. The minimum atomic E-state index is -3.03. The number of nitrogens with one attached hydrogen (secondary N) is 1. The molecule has 6 heteroatoms. The third kappa shape index (κ3) is 3.95. The normalized spacial score (nSPS) is 25.2. The Hall–Kier alpha value is -0.620. The highest BCUT2D eigenvalue weighted by molar-refractivity contribution is 7.90. The average molecular weight is 276 g/mol. The van der Waals surface area contributed by atoms with Crippen LogP contribution in [0.15, 0.2) is 0 Å². The number of sulfone groups is 1. The molecular formula is C12H24N2O3S. The lowest BCUT2D eigenvalue weighted by Crippen LogP contribution is -2.40. The fraction of sp³-hybridized carbons (Fsp3) is 0.917. The van der Waals surface area contributed by atoms with E-state index < -0.39 is 9.84 Å². The highest BCUT2D eigenvalue weighted by atomic mass is 32.2. The van der Waals surface area contributed by atoms with Gasteiger partial charge in [-0.2, -0.15) is 0 Å². The Morgan fingerprint density at radius 2 is 2.00 bits per heavy atom. The van der Waals surface area contributed by atoms with Gasteiger partial charge in [0, 0.05) is 12.8 Å². The van der Waals surface area contributed by atoms with E-state index in [4.69, 9.17) is 0 Å². The third-order valence-corrected chi connectivity index (χ3v) is 4.15. The number of rotatable bonds is 6. The Labute approximate surface area is 110 Å². The van der Waals surface area contributed by atoms with E-state index in [0.29, 0.717) is 6.54 Å². The summed E-state index contributed by atoms with van der Waals surface area (Å²) >= 11 is 0. The van der Waals surface area contributed by atoms with Crippen molar-refractivity contribution in [2.24, 2.45) is 5.92 Å². The first-order valence-electron chi connectivity index (χ1n) is 6.50. The minimum absolute atomic E-state index is 0.0170. The second-order valence-electron chi connectivity index (χ2n) is 5.35. The number of amides is 1. The van der Waals surface area contributed by atoms with Gasteiger partial charge in [0.25, 0.3) is 0 Å². The lowest BCUT2D eigenvalue weighted by molar-refractivity contribution is -0.130. The van der Waals surface area contributed by atoms with E-state index in [1.54, 1.807) is 4.90 Å². The minimum Gasteiger partial charge on any atom is -0.325 e. The second kappa shape index (κ2) is 6.02. The molecule has 1 fully saturated rings. The summed E-state index contributed by atoms with van der Waals surface area (Å²) in [4.78, 5) is 13.9. The summed E-state index contributed by atoms with van der Waals surface area (Å²) in [5, 5.41) is 3.31. The molecular weight excluding hydrogens is 252 g/mol. The number of carbonyl (C=O) groups excluding carboxylic acids is 1. The maximum absolute atomic E-state index is 12.2. The van der Waals surface area contributed by atoms with Crippen LogP contribution in [-0.2, 0) is 14.6 Å². The molecule has 1 aliphatic heterocycles. The molecule has 2 atom stereocenters. The van der Waals surface area contributed by atoms with Crippen LogP contribution in [0.2, 0.25) is 0 Å². The summed E-state index contributed by atoms with van der Waals surface area (Å²) in [6.45, 7) is 6.35. The largest absolute Gasteiger partial charge is 0.325 e. The van der Waals surface area contributed by atoms with Crippen molar-refractivity contribution in [1.29, 1.82) is 0 Å². The van der Waals surface area contributed by atoms with Crippen molar-refractivity contribution in [2.75, 3.05) is 18.6 Å². The average Bonchev–Trinajstić information content (AvgIpc) is 2.52. The first-order valence-corrected chi connectivity index (χ1v) is 8.56. The quantitative estimate of drug-likeness (QED) is 0.772. The molecule has 0 radical (unpaired) electrons.